The molecule has 6 nitrogen and oxygen atoms in total. The van der Waals surface area contributed by atoms with Crippen LogP contribution in [0, 0.1) is 0 Å². The average molecular weight is 298 g/mol. The van der Waals surface area contributed by atoms with Crippen molar-refractivity contribution in [2.75, 3.05) is 27.3 Å². The van der Waals surface area contributed by atoms with Crippen molar-refractivity contribution >= 4 is 15.9 Å². The second-order valence-corrected chi connectivity index (χ2v) is 7.00. The first kappa shape index (κ1) is 15.0. The third kappa shape index (κ3) is 3.17. The first-order chi connectivity index (χ1) is 9.41. The van der Waals surface area contributed by atoms with Crippen molar-refractivity contribution in [1.82, 2.24) is 9.62 Å². The molecular weight excluding hydrogens is 280 g/mol. The van der Waals surface area contributed by atoms with E-state index >= 15 is 0 Å². The van der Waals surface area contributed by atoms with Crippen LogP contribution in [0.25, 0.3) is 0 Å². The van der Waals surface area contributed by atoms with Gasteiger partial charge in [-0.3, -0.25) is 4.79 Å². The molecule has 1 fully saturated rings. The number of rotatable bonds is 4. The molecule has 1 heterocycles. The molecule has 1 aromatic rings. The largest absolute Gasteiger partial charge is 0.379 e. The molecule has 20 heavy (non-hydrogen) atoms. The molecule has 1 atom stereocenters. The van der Waals surface area contributed by atoms with E-state index in [4.69, 9.17) is 4.74 Å². The molecule has 0 bridgehead atoms. The molecule has 0 aromatic heterocycles. The van der Waals surface area contributed by atoms with Gasteiger partial charge >= 0.3 is 0 Å². The molecule has 1 N–H and O–H groups in total. The summed E-state index contributed by atoms with van der Waals surface area (Å²) in [4.78, 5) is 12.1. The fraction of sp³-hybridized carbons (Fsp3) is 0.462. The van der Waals surface area contributed by atoms with Crippen LogP contribution in [0.15, 0.2) is 29.2 Å². The monoisotopic (exact) mass is 298 g/mol. The fourth-order valence-electron chi connectivity index (χ4n) is 1.91. The lowest BCUT2D eigenvalue weighted by molar-refractivity contribution is 0.0930. The molecule has 0 spiro atoms. The molecule has 0 saturated carbocycles. The zero-order valence-corrected chi connectivity index (χ0v) is 12.3. The third-order valence-electron chi connectivity index (χ3n) is 3.16. The Morgan fingerprint density at radius 3 is 2.45 bits per heavy atom. The van der Waals surface area contributed by atoms with Crippen LogP contribution in [0.5, 0.6) is 0 Å². The topological polar surface area (TPSA) is 75.7 Å². The predicted octanol–water partition coefficient (Wildman–Crippen LogP) is 0.456. The van der Waals surface area contributed by atoms with Gasteiger partial charge in [-0.05, 0) is 30.7 Å². The molecular formula is C13H18N2O4S. The highest BCUT2D eigenvalue weighted by Gasteiger charge is 2.20. The van der Waals surface area contributed by atoms with Crippen molar-refractivity contribution in [1.29, 1.82) is 0 Å². The molecule has 0 aliphatic carbocycles. The van der Waals surface area contributed by atoms with E-state index in [-0.39, 0.29) is 16.8 Å². The Hall–Kier alpha value is -1.44. The summed E-state index contributed by atoms with van der Waals surface area (Å²) in [6.07, 6.45) is 0.804. The lowest BCUT2D eigenvalue weighted by atomic mass is 10.2. The van der Waals surface area contributed by atoms with E-state index < -0.39 is 10.0 Å². The Balaban J connectivity index is 2.10. The third-order valence-corrected chi connectivity index (χ3v) is 4.99. The van der Waals surface area contributed by atoms with Gasteiger partial charge in [0, 0.05) is 26.3 Å². The van der Waals surface area contributed by atoms with Crippen LogP contribution >= 0.6 is 0 Å². The average Bonchev–Trinajstić information content (AvgIpc) is 2.91. The zero-order chi connectivity index (χ0) is 14.8. The van der Waals surface area contributed by atoms with E-state index in [0.29, 0.717) is 18.8 Å². The van der Waals surface area contributed by atoms with E-state index in [1.54, 1.807) is 0 Å². The number of hydrogen-bond donors (Lipinski definition) is 1. The maximum atomic E-state index is 12.0. The summed E-state index contributed by atoms with van der Waals surface area (Å²) in [6.45, 7) is 1.18. The van der Waals surface area contributed by atoms with E-state index in [0.717, 1.165) is 10.7 Å². The number of nitrogens with one attached hydrogen (secondary N) is 1. The molecule has 1 aliphatic rings. The fourth-order valence-corrected chi connectivity index (χ4v) is 2.81. The van der Waals surface area contributed by atoms with Gasteiger partial charge in [-0.2, -0.15) is 0 Å². The van der Waals surface area contributed by atoms with Crippen LogP contribution < -0.4 is 5.32 Å². The van der Waals surface area contributed by atoms with Crippen molar-refractivity contribution in [3.63, 3.8) is 0 Å². The van der Waals surface area contributed by atoms with E-state index in [2.05, 4.69) is 5.32 Å². The molecule has 1 aromatic carbocycles. The van der Waals surface area contributed by atoms with Crippen molar-refractivity contribution in [2.24, 2.45) is 0 Å². The molecule has 1 unspecified atom stereocenters. The molecule has 0 radical (unpaired) electrons. The summed E-state index contributed by atoms with van der Waals surface area (Å²) in [5, 5.41) is 2.85. The van der Waals surface area contributed by atoms with Gasteiger partial charge in [0.15, 0.2) is 0 Å². The highest BCUT2D eigenvalue weighted by atomic mass is 32.2. The lowest BCUT2D eigenvalue weighted by Crippen LogP contribution is -2.35. The highest BCUT2D eigenvalue weighted by Crippen LogP contribution is 2.14. The number of amides is 1. The molecule has 1 aliphatic heterocycles. The van der Waals surface area contributed by atoms with Crippen molar-refractivity contribution in [3.05, 3.63) is 29.8 Å². The smallest absolute Gasteiger partial charge is 0.251 e. The number of carbonyl (C=O) groups excluding carboxylic acids is 1. The summed E-state index contributed by atoms with van der Waals surface area (Å²) in [5.41, 5.74) is 0.439. The Morgan fingerprint density at radius 1 is 1.30 bits per heavy atom. The van der Waals surface area contributed by atoms with Crippen LogP contribution in [-0.2, 0) is 14.8 Å². The number of hydrogen-bond acceptors (Lipinski definition) is 4. The van der Waals surface area contributed by atoms with Gasteiger partial charge < -0.3 is 10.1 Å². The summed E-state index contributed by atoms with van der Waals surface area (Å²) in [5.74, 6) is -0.214. The minimum Gasteiger partial charge on any atom is -0.379 e. The summed E-state index contributed by atoms with van der Waals surface area (Å²) in [6, 6.07) is 5.95. The first-order valence-corrected chi connectivity index (χ1v) is 7.76. The van der Waals surface area contributed by atoms with Crippen LogP contribution in [0.1, 0.15) is 16.8 Å². The van der Waals surface area contributed by atoms with Crippen molar-refractivity contribution in [2.45, 2.75) is 17.4 Å². The maximum Gasteiger partial charge on any atom is 0.251 e. The van der Waals surface area contributed by atoms with Crippen LogP contribution in [0.3, 0.4) is 0 Å². The van der Waals surface area contributed by atoms with E-state index in [1.807, 2.05) is 0 Å². The maximum absolute atomic E-state index is 12.0. The molecule has 110 valence electrons. The Bertz CT molecular complexity index is 575. The van der Waals surface area contributed by atoms with E-state index in [9.17, 15) is 13.2 Å². The van der Waals surface area contributed by atoms with E-state index in [1.165, 1.54) is 38.4 Å². The number of sulfonamides is 1. The number of carbonyl (C=O) groups is 1. The van der Waals surface area contributed by atoms with Gasteiger partial charge in [-0.15, -0.1) is 0 Å². The second-order valence-electron chi connectivity index (χ2n) is 4.85. The lowest BCUT2D eigenvalue weighted by Gasteiger charge is -2.13. The summed E-state index contributed by atoms with van der Waals surface area (Å²) in [7, 11) is -0.524. The quantitative estimate of drug-likeness (QED) is 0.876. The van der Waals surface area contributed by atoms with Gasteiger partial charge in [-0.1, -0.05) is 0 Å². The SMILES string of the molecule is CN(C)S(=O)(=O)c1ccc(C(=O)NC2CCOC2)cc1. The van der Waals surface area contributed by atoms with Crippen molar-refractivity contribution < 1.29 is 17.9 Å². The molecule has 1 amide bonds. The predicted molar refractivity (Wildman–Crippen MR) is 74.0 cm³/mol. The second kappa shape index (κ2) is 5.90. The molecule has 2 rings (SSSR count). The van der Waals surface area contributed by atoms with Crippen molar-refractivity contribution in [3.8, 4) is 0 Å². The standard InChI is InChI=1S/C13H18N2O4S/c1-15(2)20(17,18)12-5-3-10(4-6-12)13(16)14-11-7-8-19-9-11/h3-6,11H,7-9H2,1-2H3,(H,14,16). The van der Waals surface area contributed by atoms with Gasteiger partial charge in [0.2, 0.25) is 10.0 Å². The van der Waals surface area contributed by atoms with Crippen LogP contribution in [0.4, 0.5) is 0 Å². The van der Waals surface area contributed by atoms with Crippen LogP contribution in [-0.4, -0.2) is 52.0 Å². The minimum atomic E-state index is -3.46. The minimum absolute atomic E-state index is 0.0349. The highest BCUT2D eigenvalue weighted by molar-refractivity contribution is 7.89. The number of benzene rings is 1. The molecule has 1 saturated heterocycles. The first-order valence-electron chi connectivity index (χ1n) is 6.32. The van der Waals surface area contributed by atoms with Gasteiger partial charge in [0.1, 0.15) is 0 Å². The van der Waals surface area contributed by atoms with Gasteiger partial charge in [-0.25, -0.2) is 12.7 Å². The normalized spacial score (nSPS) is 19.2. The number of ether oxygens (including phenoxy) is 1. The van der Waals surface area contributed by atoms with Crippen LogP contribution in [0.2, 0.25) is 0 Å². The van der Waals surface area contributed by atoms with Gasteiger partial charge in [0.25, 0.3) is 5.91 Å². The molecule has 7 heteroatoms. The Labute approximate surface area is 118 Å². The Morgan fingerprint density at radius 2 is 1.95 bits per heavy atom. The van der Waals surface area contributed by atoms with Gasteiger partial charge in [0.05, 0.1) is 17.5 Å². The summed E-state index contributed by atoms with van der Waals surface area (Å²) >= 11 is 0. The Kier molecular flexibility index (Phi) is 4.42. The zero-order valence-electron chi connectivity index (χ0n) is 11.5. The number of nitrogens with zero attached hydrogens (tertiary/aromatic N) is 1. The summed E-state index contributed by atoms with van der Waals surface area (Å²) < 4.78 is 30.1.